The summed E-state index contributed by atoms with van der Waals surface area (Å²) in [5.74, 6) is -0.272. The number of likely N-dealkylation sites (N-methyl/N-ethyl adjacent to an activating group) is 1. The van der Waals surface area contributed by atoms with Gasteiger partial charge in [-0.25, -0.2) is 4.98 Å². The molecule has 7 nitrogen and oxygen atoms in total. The molecule has 0 spiro atoms. The van der Waals surface area contributed by atoms with Gasteiger partial charge in [0.25, 0.3) is 5.69 Å². The molecule has 2 aromatic rings. The van der Waals surface area contributed by atoms with Gasteiger partial charge in [0.15, 0.2) is 5.15 Å². The maximum Gasteiger partial charge on any atom is 0.273 e. The Morgan fingerprint density at radius 3 is 2.75 bits per heavy atom. The van der Waals surface area contributed by atoms with Crippen LogP contribution in [0.15, 0.2) is 42.6 Å². The quantitative estimate of drug-likeness (QED) is 0.492. The second kappa shape index (κ2) is 7.85. The van der Waals surface area contributed by atoms with Crippen LogP contribution in [-0.4, -0.2) is 33.8 Å². The van der Waals surface area contributed by atoms with E-state index in [1.54, 1.807) is 49.2 Å². The van der Waals surface area contributed by atoms with E-state index in [9.17, 15) is 14.9 Å². The van der Waals surface area contributed by atoms with Gasteiger partial charge in [0, 0.05) is 24.4 Å². The van der Waals surface area contributed by atoms with Crippen LogP contribution in [-0.2, 0) is 11.3 Å². The first-order valence-electron chi connectivity index (χ1n) is 7.24. The van der Waals surface area contributed by atoms with Crippen molar-refractivity contribution in [1.82, 2.24) is 9.88 Å². The molecule has 2 rings (SSSR count). The second-order valence-corrected chi connectivity index (χ2v) is 5.67. The van der Waals surface area contributed by atoms with Crippen molar-refractivity contribution in [2.75, 3.05) is 12.4 Å². The molecule has 0 aliphatic rings. The zero-order valence-electron chi connectivity index (χ0n) is 13.3. The van der Waals surface area contributed by atoms with Crippen LogP contribution < -0.4 is 5.32 Å². The second-order valence-electron chi connectivity index (χ2n) is 5.31. The molecule has 0 saturated heterocycles. The third-order valence-corrected chi connectivity index (χ3v) is 3.97. The molecule has 1 heterocycles. The Morgan fingerprint density at radius 1 is 1.38 bits per heavy atom. The number of nitro groups is 1. The van der Waals surface area contributed by atoms with Gasteiger partial charge in [-0.15, -0.1) is 0 Å². The number of benzene rings is 1. The van der Waals surface area contributed by atoms with Crippen LogP contribution in [0.4, 0.5) is 11.4 Å². The first-order chi connectivity index (χ1) is 11.4. The summed E-state index contributed by atoms with van der Waals surface area (Å²) in [6.45, 7) is 1.99. The molecule has 126 valence electrons. The lowest BCUT2D eigenvalue weighted by atomic mass is 10.1. The number of carbonyl (C=O) groups is 1. The van der Waals surface area contributed by atoms with E-state index in [4.69, 9.17) is 11.6 Å². The zero-order valence-corrected chi connectivity index (χ0v) is 14.0. The molecule has 1 aromatic carbocycles. The minimum Gasteiger partial charge on any atom is -0.322 e. The van der Waals surface area contributed by atoms with E-state index < -0.39 is 11.0 Å². The Balaban J connectivity index is 2.07. The standard InChI is InChI=1S/C16H17ClN4O3/c1-11(16(22)19-13-7-5-9-18-15(13)17)20(2)10-12-6-3-4-8-14(12)21(23)24/h3-9,11H,10H2,1-2H3,(H,19,22). The van der Waals surface area contributed by atoms with Gasteiger partial charge in [-0.3, -0.25) is 19.8 Å². The summed E-state index contributed by atoms with van der Waals surface area (Å²) >= 11 is 5.92. The molecule has 0 aliphatic heterocycles. The Bertz CT molecular complexity index is 754. The van der Waals surface area contributed by atoms with Gasteiger partial charge in [-0.1, -0.05) is 29.8 Å². The molecular formula is C16H17ClN4O3. The van der Waals surface area contributed by atoms with Crippen molar-refractivity contribution in [3.05, 3.63) is 63.4 Å². The van der Waals surface area contributed by atoms with Crippen molar-refractivity contribution in [2.45, 2.75) is 19.5 Å². The minimum absolute atomic E-state index is 0.0345. The topological polar surface area (TPSA) is 88.4 Å². The van der Waals surface area contributed by atoms with Gasteiger partial charge in [0.2, 0.25) is 5.91 Å². The number of halogens is 1. The number of carbonyl (C=O) groups excluding carboxylic acids is 1. The van der Waals surface area contributed by atoms with Crippen LogP contribution in [0.5, 0.6) is 0 Å². The van der Waals surface area contributed by atoms with E-state index in [2.05, 4.69) is 10.3 Å². The van der Waals surface area contributed by atoms with Crippen LogP contribution in [0.2, 0.25) is 5.15 Å². The fraction of sp³-hybridized carbons (Fsp3) is 0.250. The van der Waals surface area contributed by atoms with Gasteiger partial charge < -0.3 is 5.32 Å². The lowest BCUT2D eigenvalue weighted by Gasteiger charge is -2.24. The molecule has 1 amide bonds. The van der Waals surface area contributed by atoms with Crippen molar-refractivity contribution in [3.8, 4) is 0 Å². The lowest BCUT2D eigenvalue weighted by Crippen LogP contribution is -2.39. The Labute approximate surface area is 144 Å². The maximum atomic E-state index is 12.3. The van der Waals surface area contributed by atoms with Crippen LogP contribution in [0.1, 0.15) is 12.5 Å². The van der Waals surface area contributed by atoms with Gasteiger partial charge in [-0.2, -0.15) is 0 Å². The first-order valence-corrected chi connectivity index (χ1v) is 7.62. The predicted octanol–water partition coefficient (Wildman–Crippen LogP) is 3.10. The summed E-state index contributed by atoms with van der Waals surface area (Å²) in [7, 11) is 1.73. The van der Waals surface area contributed by atoms with E-state index in [0.717, 1.165) is 0 Å². The predicted molar refractivity (Wildman–Crippen MR) is 91.9 cm³/mol. The van der Waals surface area contributed by atoms with Gasteiger partial charge in [-0.05, 0) is 26.1 Å². The number of nitrogens with zero attached hydrogens (tertiary/aromatic N) is 3. The minimum atomic E-state index is -0.513. The molecule has 24 heavy (non-hydrogen) atoms. The summed E-state index contributed by atoms with van der Waals surface area (Å²) in [5, 5.41) is 14.0. The van der Waals surface area contributed by atoms with E-state index in [-0.39, 0.29) is 23.3 Å². The zero-order chi connectivity index (χ0) is 17.7. The number of hydrogen-bond acceptors (Lipinski definition) is 5. The Hall–Kier alpha value is -2.51. The average Bonchev–Trinajstić information content (AvgIpc) is 2.56. The number of rotatable bonds is 6. The summed E-state index contributed by atoms with van der Waals surface area (Å²) in [6, 6.07) is 9.28. The number of para-hydroxylation sites is 1. The molecule has 8 heteroatoms. The number of nitrogens with one attached hydrogen (secondary N) is 1. The van der Waals surface area contributed by atoms with E-state index in [0.29, 0.717) is 11.3 Å². The molecule has 1 unspecified atom stereocenters. The highest BCUT2D eigenvalue weighted by atomic mass is 35.5. The number of hydrogen-bond donors (Lipinski definition) is 1. The molecule has 0 aliphatic carbocycles. The maximum absolute atomic E-state index is 12.3. The highest BCUT2D eigenvalue weighted by Crippen LogP contribution is 2.21. The molecule has 0 radical (unpaired) electrons. The van der Waals surface area contributed by atoms with Crippen molar-refractivity contribution >= 4 is 28.9 Å². The van der Waals surface area contributed by atoms with Crippen LogP contribution in [0.25, 0.3) is 0 Å². The van der Waals surface area contributed by atoms with Crippen LogP contribution in [0, 0.1) is 10.1 Å². The lowest BCUT2D eigenvalue weighted by molar-refractivity contribution is -0.385. The van der Waals surface area contributed by atoms with Gasteiger partial charge in [0.1, 0.15) is 0 Å². The summed E-state index contributed by atoms with van der Waals surface area (Å²) < 4.78 is 0. The SMILES string of the molecule is CC(C(=O)Nc1cccnc1Cl)N(C)Cc1ccccc1[N+](=O)[O-]. The molecule has 1 N–H and O–H groups in total. The van der Waals surface area contributed by atoms with E-state index >= 15 is 0 Å². The number of aromatic nitrogens is 1. The van der Waals surface area contributed by atoms with E-state index in [1.165, 1.54) is 12.3 Å². The fourth-order valence-electron chi connectivity index (χ4n) is 2.14. The largest absolute Gasteiger partial charge is 0.322 e. The van der Waals surface area contributed by atoms with Crippen LogP contribution >= 0.6 is 11.6 Å². The monoisotopic (exact) mass is 348 g/mol. The highest BCUT2D eigenvalue weighted by molar-refractivity contribution is 6.32. The molecule has 1 aromatic heterocycles. The van der Waals surface area contributed by atoms with Crippen molar-refractivity contribution in [1.29, 1.82) is 0 Å². The Kier molecular flexibility index (Phi) is 5.83. The number of pyridine rings is 1. The third-order valence-electron chi connectivity index (χ3n) is 3.67. The molecule has 0 fully saturated rings. The number of nitro benzene ring substituents is 1. The smallest absolute Gasteiger partial charge is 0.273 e. The number of amides is 1. The van der Waals surface area contributed by atoms with Gasteiger partial charge in [0.05, 0.1) is 16.7 Å². The van der Waals surface area contributed by atoms with Crippen molar-refractivity contribution < 1.29 is 9.72 Å². The van der Waals surface area contributed by atoms with Crippen LogP contribution in [0.3, 0.4) is 0 Å². The van der Waals surface area contributed by atoms with Gasteiger partial charge >= 0.3 is 0 Å². The van der Waals surface area contributed by atoms with E-state index in [1.807, 2.05) is 0 Å². The molecule has 0 saturated carbocycles. The molecular weight excluding hydrogens is 332 g/mol. The molecule has 0 bridgehead atoms. The average molecular weight is 349 g/mol. The summed E-state index contributed by atoms with van der Waals surface area (Å²) in [6.07, 6.45) is 1.53. The normalized spacial score (nSPS) is 12.0. The summed E-state index contributed by atoms with van der Waals surface area (Å²) in [4.78, 5) is 28.6. The summed E-state index contributed by atoms with van der Waals surface area (Å²) in [5.41, 5.74) is 1.01. The Morgan fingerprint density at radius 2 is 2.08 bits per heavy atom. The highest BCUT2D eigenvalue weighted by Gasteiger charge is 2.22. The van der Waals surface area contributed by atoms with Crippen molar-refractivity contribution in [3.63, 3.8) is 0 Å². The number of anilines is 1. The fourth-order valence-corrected chi connectivity index (χ4v) is 2.31. The molecule has 1 atom stereocenters. The third kappa shape index (κ3) is 4.27. The first kappa shape index (κ1) is 17.8. The van der Waals surface area contributed by atoms with Crippen molar-refractivity contribution in [2.24, 2.45) is 0 Å².